The number of nitro groups is 1. The molecular weight excluding hydrogens is 504 g/mol. The Kier molecular flexibility index (Phi) is 5.94. The molecule has 0 atom stereocenters. The molecule has 12 heteroatoms. The van der Waals surface area contributed by atoms with Crippen LogP contribution in [0.5, 0.6) is 0 Å². The Labute approximate surface area is 203 Å². The van der Waals surface area contributed by atoms with Crippen LogP contribution in [0, 0.1) is 10.1 Å². The van der Waals surface area contributed by atoms with E-state index in [1.165, 1.54) is 47.0 Å². The standard InChI is InChI=1S/C21H11ClN4O4S3/c22-11-1-3-12(4-2-11)23-20-25-19(27)17(31-20)10-14-6-8-18(30-14)33-21-24-15-7-5-13(26(28)29)9-16(15)32-21/h1-10H,(H,23,25,27)/b17-10-. The van der Waals surface area contributed by atoms with E-state index < -0.39 is 4.92 Å². The first-order valence-corrected chi connectivity index (χ1v) is 12.1. The Balaban J connectivity index is 1.30. The molecule has 164 valence electrons. The third-order valence-electron chi connectivity index (χ3n) is 4.33. The van der Waals surface area contributed by atoms with Gasteiger partial charge in [0.15, 0.2) is 14.6 Å². The molecule has 3 heterocycles. The summed E-state index contributed by atoms with van der Waals surface area (Å²) in [5.41, 5.74) is 1.40. The summed E-state index contributed by atoms with van der Waals surface area (Å²) in [7, 11) is 0. The minimum absolute atomic E-state index is 0.0286. The fraction of sp³-hybridized carbons (Fsp3) is 0. The summed E-state index contributed by atoms with van der Waals surface area (Å²) in [4.78, 5) is 32.2. The summed E-state index contributed by atoms with van der Waals surface area (Å²) in [5, 5.41) is 15.4. The number of benzene rings is 2. The van der Waals surface area contributed by atoms with Crippen molar-refractivity contribution in [3.05, 3.63) is 80.4 Å². The number of non-ortho nitro benzene ring substituents is 1. The molecule has 2 aromatic carbocycles. The van der Waals surface area contributed by atoms with E-state index in [-0.39, 0.29) is 11.6 Å². The first-order valence-electron chi connectivity index (χ1n) is 9.31. The monoisotopic (exact) mass is 514 g/mol. The quantitative estimate of drug-likeness (QED) is 0.184. The van der Waals surface area contributed by atoms with Crippen molar-refractivity contribution in [3.63, 3.8) is 0 Å². The minimum atomic E-state index is -0.430. The Bertz CT molecular complexity index is 1460. The van der Waals surface area contributed by atoms with Gasteiger partial charge in [-0.2, -0.15) is 0 Å². The van der Waals surface area contributed by atoms with Gasteiger partial charge in [0.05, 0.1) is 25.7 Å². The van der Waals surface area contributed by atoms with Crippen LogP contribution in [0.2, 0.25) is 5.02 Å². The number of amidine groups is 1. The highest BCUT2D eigenvalue weighted by atomic mass is 35.5. The lowest BCUT2D eigenvalue weighted by Crippen LogP contribution is -2.19. The van der Waals surface area contributed by atoms with Gasteiger partial charge in [-0.1, -0.05) is 11.6 Å². The molecule has 0 spiro atoms. The number of thioether (sulfide) groups is 1. The van der Waals surface area contributed by atoms with Crippen molar-refractivity contribution in [1.29, 1.82) is 0 Å². The number of carbonyl (C=O) groups is 1. The molecule has 0 radical (unpaired) electrons. The molecule has 1 saturated heterocycles. The number of nitrogens with one attached hydrogen (secondary N) is 1. The van der Waals surface area contributed by atoms with E-state index in [2.05, 4.69) is 15.3 Å². The van der Waals surface area contributed by atoms with E-state index in [1.54, 1.807) is 48.5 Å². The van der Waals surface area contributed by atoms with Crippen molar-refractivity contribution < 1.29 is 14.1 Å². The van der Waals surface area contributed by atoms with Gasteiger partial charge >= 0.3 is 0 Å². The maximum atomic E-state index is 12.3. The first-order chi connectivity index (χ1) is 15.9. The van der Waals surface area contributed by atoms with Crippen LogP contribution in [0.15, 0.2) is 78.3 Å². The zero-order valence-corrected chi connectivity index (χ0v) is 19.6. The van der Waals surface area contributed by atoms with Crippen LogP contribution in [-0.4, -0.2) is 21.0 Å². The predicted molar refractivity (Wildman–Crippen MR) is 131 cm³/mol. The lowest BCUT2D eigenvalue weighted by atomic mass is 10.3. The number of nitro benzene ring substituents is 1. The molecule has 1 aliphatic rings. The van der Waals surface area contributed by atoms with Gasteiger partial charge in [0.25, 0.3) is 11.6 Å². The molecule has 1 fully saturated rings. The SMILES string of the molecule is O=C1NC(=Nc2ccc(Cl)cc2)S/C1=C\c1ccc(Sc2nc3ccc([N+](=O)[O-])cc3s2)o1. The maximum absolute atomic E-state index is 12.3. The molecule has 33 heavy (non-hydrogen) atoms. The largest absolute Gasteiger partial charge is 0.450 e. The third kappa shape index (κ3) is 4.96. The lowest BCUT2D eigenvalue weighted by Gasteiger charge is -1.96. The molecule has 8 nitrogen and oxygen atoms in total. The van der Waals surface area contributed by atoms with Crippen molar-refractivity contribution in [2.45, 2.75) is 9.43 Å². The van der Waals surface area contributed by atoms with Gasteiger partial charge in [-0.15, -0.1) is 11.3 Å². The predicted octanol–water partition coefficient (Wildman–Crippen LogP) is 6.49. The van der Waals surface area contributed by atoms with Gasteiger partial charge < -0.3 is 9.73 Å². The number of aliphatic imine (C=N–C) groups is 1. The number of hydrogen-bond donors (Lipinski definition) is 1. The second kappa shape index (κ2) is 9.02. The van der Waals surface area contributed by atoms with E-state index in [0.717, 1.165) is 4.70 Å². The molecule has 4 aromatic rings. The second-order valence-electron chi connectivity index (χ2n) is 6.61. The third-order valence-corrected chi connectivity index (χ3v) is 7.50. The van der Waals surface area contributed by atoms with Crippen LogP contribution in [0.1, 0.15) is 5.76 Å². The van der Waals surface area contributed by atoms with Gasteiger partial charge in [0, 0.05) is 23.2 Å². The van der Waals surface area contributed by atoms with Crippen LogP contribution in [-0.2, 0) is 4.79 Å². The molecular formula is C21H11ClN4O4S3. The fourth-order valence-electron chi connectivity index (χ4n) is 2.84. The number of carbonyl (C=O) groups excluding carboxylic acids is 1. The molecule has 0 saturated carbocycles. The summed E-state index contributed by atoms with van der Waals surface area (Å²) in [5.74, 6) is 0.255. The topological polar surface area (TPSA) is 111 Å². The summed E-state index contributed by atoms with van der Waals surface area (Å²) >= 11 is 9.76. The van der Waals surface area contributed by atoms with Gasteiger partial charge in [-0.05, 0) is 66.0 Å². The number of furan rings is 1. The maximum Gasteiger partial charge on any atom is 0.270 e. The number of thiazole rings is 1. The highest BCUT2D eigenvalue weighted by Crippen LogP contribution is 2.37. The molecule has 5 rings (SSSR count). The van der Waals surface area contributed by atoms with Crippen molar-refractivity contribution in [2.24, 2.45) is 4.99 Å². The molecule has 1 N–H and O–H groups in total. The van der Waals surface area contributed by atoms with Crippen LogP contribution in [0.4, 0.5) is 11.4 Å². The molecule has 0 bridgehead atoms. The average Bonchev–Trinajstić information content (AvgIpc) is 3.48. The van der Waals surface area contributed by atoms with Crippen molar-refractivity contribution >= 4 is 85.2 Å². The number of aromatic nitrogens is 1. The highest BCUT2D eigenvalue weighted by molar-refractivity contribution is 8.18. The van der Waals surface area contributed by atoms with Crippen LogP contribution >= 0.6 is 46.5 Å². The van der Waals surface area contributed by atoms with E-state index in [1.807, 2.05) is 0 Å². The highest BCUT2D eigenvalue weighted by Gasteiger charge is 2.24. The number of halogens is 1. The normalized spacial score (nSPS) is 16.1. The minimum Gasteiger partial charge on any atom is -0.450 e. The Hall–Kier alpha value is -3.12. The van der Waals surface area contributed by atoms with E-state index in [9.17, 15) is 14.9 Å². The fourth-order valence-corrected chi connectivity index (χ4v) is 5.80. The molecule has 1 amide bonds. The molecule has 0 aliphatic carbocycles. The smallest absolute Gasteiger partial charge is 0.270 e. The Morgan fingerprint density at radius 2 is 2.00 bits per heavy atom. The molecule has 1 aliphatic heterocycles. The van der Waals surface area contributed by atoms with Crippen LogP contribution in [0.3, 0.4) is 0 Å². The summed E-state index contributed by atoms with van der Waals surface area (Å²) in [6.07, 6.45) is 1.65. The number of fused-ring (bicyclic) bond motifs is 1. The second-order valence-corrected chi connectivity index (χ2v) is 10.4. The van der Waals surface area contributed by atoms with E-state index in [0.29, 0.717) is 41.5 Å². The van der Waals surface area contributed by atoms with Gasteiger partial charge in [-0.3, -0.25) is 14.9 Å². The molecule has 2 aromatic heterocycles. The van der Waals surface area contributed by atoms with Crippen molar-refractivity contribution in [3.8, 4) is 0 Å². The number of hydrogen-bond acceptors (Lipinski definition) is 9. The van der Waals surface area contributed by atoms with Crippen LogP contribution < -0.4 is 5.32 Å². The zero-order chi connectivity index (χ0) is 22.9. The lowest BCUT2D eigenvalue weighted by molar-refractivity contribution is -0.384. The number of nitrogens with zero attached hydrogens (tertiary/aromatic N) is 3. The van der Waals surface area contributed by atoms with Gasteiger partial charge in [0.1, 0.15) is 5.76 Å². The summed E-state index contributed by atoms with van der Waals surface area (Å²) in [6.45, 7) is 0. The Morgan fingerprint density at radius 3 is 2.79 bits per heavy atom. The summed E-state index contributed by atoms with van der Waals surface area (Å²) in [6, 6.07) is 15.1. The first kappa shape index (κ1) is 21.7. The van der Waals surface area contributed by atoms with E-state index in [4.69, 9.17) is 16.0 Å². The van der Waals surface area contributed by atoms with E-state index >= 15 is 0 Å². The number of rotatable bonds is 5. The Morgan fingerprint density at radius 1 is 1.18 bits per heavy atom. The van der Waals surface area contributed by atoms with Gasteiger partial charge in [-0.25, -0.2) is 9.98 Å². The van der Waals surface area contributed by atoms with Crippen molar-refractivity contribution in [2.75, 3.05) is 0 Å². The average molecular weight is 515 g/mol. The zero-order valence-electron chi connectivity index (χ0n) is 16.4. The number of amides is 1. The summed E-state index contributed by atoms with van der Waals surface area (Å²) < 4.78 is 7.25. The molecule has 0 unspecified atom stereocenters. The van der Waals surface area contributed by atoms with Gasteiger partial charge in [0.2, 0.25) is 0 Å². The van der Waals surface area contributed by atoms with Crippen molar-refractivity contribution in [1.82, 2.24) is 10.3 Å². The van der Waals surface area contributed by atoms with Crippen LogP contribution in [0.25, 0.3) is 16.3 Å².